The van der Waals surface area contributed by atoms with Crippen molar-refractivity contribution in [3.63, 3.8) is 0 Å². The Morgan fingerprint density at radius 2 is 2.47 bits per heavy atom. The molecule has 0 saturated carbocycles. The molecule has 2 heterocycles. The second kappa shape index (κ2) is 4.22. The molecule has 1 aromatic heterocycles. The van der Waals surface area contributed by atoms with E-state index in [0.29, 0.717) is 23.2 Å². The van der Waals surface area contributed by atoms with Gasteiger partial charge in [0.15, 0.2) is 0 Å². The molecule has 1 atom stereocenters. The maximum Gasteiger partial charge on any atom is 0.140 e. The Morgan fingerprint density at radius 3 is 3.13 bits per heavy atom. The number of aromatic nitrogens is 2. The number of rotatable bonds is 3. The zero-order chi connectivity index (χ0) is 10.7. The summed E-state index contributed by atoms with van der Waals surface area (Å²) in [6.07, 6.45) is 3.65. The zero-order valence-corrected chi connectivity index (χ0v) is 8.33. The van der Waals surface area contributed by atoms with Crippen LogP contribution in [0.15, 0.2) is 6.33 Å². The Bertz CT molecular complexity index is 358. The van der Waals surface area contributed by atoms with Crippen molar-refractivity contribution in [1.29, 1.82) is 5.41 Å². The quantitative estimate of drug-likeness (QED) is 0.514. The summed E-state index contributed by atoms with van der Waals surface area (Å²) in [5, 5.41) is 13.8. The minimum atomic E-state index is 0.341. The van der Waals surface area contributed by atoms with Gasteiger partial charge in [-0.25, -0.2) is 9.97 Å². The number of hydrogen-bond donors (Lipinski definition) is 4. The van der Waals surface area contributed by atoms with Gasteiger partial charge >= 0.3 is 0 Å². The van der Waals surface area contributed by atoms with E-state index in [4.69, 9.17) is 11.1 Å². The normalized spacial score (nSPS) is 20.1. The van der Waals surface area contributed by atoms with E-state index >= 15 is 0 Å². The predicted molar refractivity (Wildman–Crippen MR) is 59.2 cm³/mol. The van der Waals surface area contributed by atoms with Crippen LogP contribution >= 0.6 is 0 Å². The van der Waals surface area contributed by atoms with Crippen LogP contribution in [0.4, 0.5) is 11.6 Å². The van der Waals surface area contributed by atoms with E-state index in [1.807, 2.05) is 0 Å². The molecule has 1 aliphatic rings. The van der Waals surface area contributed by atoms with Crippen LogP contribution in [-0.2, 0) is 0 Å². The van der Waals surface area contributed by atoms with Gasteiger partial charge in [0.1, 0.15) is 18.0 Å². The van der Waals surface area contributed by atoms with Crippen molar-refractivity contribution in [2.24, 2.45) is 0 Å². The number of hydrogen-bond acceptors (Lipinski definition) is 6. The van der Waals surface area contributed by atoms with Crippen molar-refractivity contribution in [2.45, 2.75) is 12.5 Å². The summed E-state index contributed by atoms with van der Waals surface area (Å²) in [6, 6.07) is 0.359. The molecule has 15 heavy (non-hydrogen) atoms. The number of anilines is 2. The summed E-state index contributed by atoms with van der Waals surface area (Å²) >= 11 is 0. The number of nitrogens with one attached hydrogen (secondary N) is 3. The molecule has 6 nitrogen and oxygen atoms in total. The largest absolute Gasteiger partial charge is 0.383 e. The van der Waals surface area contributed by atoms with Crippen molar-refractivity contribution in [3.05, 3.63) is 11.9 Å². The molecule has 0 spiro atoms. The average molecular weight is 206 g/mol. The van der Waals surface area contributed by atoms with E-state index in [1.165, 1.54) is 12.5 Å². The SMILES string of the molecule is N=Cc1c(N)ncnc1NC1CCNC1. The van der Waals surface area contributed by atoms with Gasteiger partial charge < -0.3 is 21.8 Å². The number of nitrogens with zero attached hydrogens (tertiary/aromatic N) is 2. The van der Waals surface area contributed by atoms with E-state index in [2.05, 4.69) is 20.6 Å². The molecule has 1 aliphatic heterocycles. The molecule has 2 rings (SSSR count). The Hall–Kier alpha value is -1.69. The lowest BCUT2D eigenvalue weighted by Gasteiger charge is -2.14. The lowest BCUT2D eigenvalue weighted by atomic mass is 10.2. The number of nitrogens with two attached hydrogens (primary N) is 1. The van der Waals surface area contributed by atoms with E-state index in [0.717, 1.165) is 19.5 Å². The smallest absolute Gasteiger partial charge is 0.140 e. The standard InChI is InChI=1S/C9H14N6/c10-3-7-8(11)13-5-14-9(7)15-6-1-2-12-4-6/h3,5-6,10,12H,1-2,4H2,(H3,11,13,14,15). The fraction of sp³-hybridized carbons (Fsp3) is 0.444. The van der Waals surface area contributed by atoms with Crippen molar-refractivity contribution in [2.75, 3.05) is 24.1 Å². The van der Waals surface area contributed by atoms with Crippen LogP contribution in [0.2, 0.25) is 0 Å². The molecule has 1 unspecified atom stereocenters. The van der Waals surface area contributed by atoms with E-state index < -0.39 is 0 Å². The Labute approximate surface area is 87.8 Å². The molecule has 0 radical (unpaired) electrons. The predicted octanol–water partition coefficient (Wildman–Crippen LogP) is -0.170. The first kappa shape index (κ1) is 9.85. The molecule has 0 amide bonds. The molecule has 1 saturated heterocycles. The average Bonchev–Trinajstić information content (AvgIpc) is 2.71. The fourth-order valence-electron chi connectivity index (χ4n) is 1.64. The number of nitrogen functional groups attached to an aromatic ring is 1. The van der Waals surface area contributed by atoms with Gasteiger partial charge in [-0.15, -0.1) is 0 Å². The molecule has 1 aromatic rings. The van der Waals surface area contributed by atoms with Crippen LogP contribution < -0.4 is 16.4 Å². The molecule has 0 aromatic carbocycles. The first-order chi connectivity index (χ1) is 7.31. The monoisotopic (exact) mass is 206 g/mol. The minimum absolute atomic E-state index is 0.341. The third-order valence-electron chi connectivity index (χ3n) is 2.46. The summed E-state index contributed by atoms with van der Waals surface area (Å²) in [5.74, 6) is 0.986. The highest BCUT2D eigenvalue weighted by Gasteiger charge is 2.16. The third-order valence-corrected chi connectivity index (χ3v) is 2.46. The van der Waals surface area contributed by atoms with E-state index in [9.17, 15) is 0 Å². The van der Waals surface area contributed by atoms with Gasteiger partial charge in [-0.2, -0.15) is 0 Å². The summed E-state index contributed by atoms with van der Waals surface area (Å²) in [5.41, 5.74) is 6.21. The summed E-state index contributed by atoms with van der Waals surface area (Å²) in [6.45, 7) is 1.93. The third kappa shape index (κ3) is 2.04. The molecule has 0 aliphatic carbocycles. The fourth-order valence-corrected chi connectivity index (χ4v) is 1.64. The molecular weight excluding hydrogens is 192 g/mol. The molecule has 80 valence electrons. The maximum absolute atomic E-state index is 7.26. The highest BCUT2D eigenvalue weighted by molar-refractivity contribution is 5.89. The van der Waals surface area contributed by atoms with Gasteiger partial charge in [-0.3, -0.25) is 0 Å². The van der Waals surface area contributed by atoms with E-state index in [1.54, 1.807) is 0 Å². The topological polar surface area (TPSA) is 99.7 Å². The van der Waals surface area contributed by atoms with Gasteiger partial charge in [-0.05, 0) is 13.0 Å². The van der Waals surface area contributed by atoms with Gasteiger partial charge in [-0.1, -0.05) is 0 Å². The minimum Gasteiger partial charge on any atom is -0.383 e. The Balaban J connectivity index is 2.19. The lowest BCUT2D eigenvalue weighted by Crippen LogP contribution is -2.23. The van der Waals surface area contributed by atoms with Crippen molar-refractivity contribution in [1.82, 2.24) is 15.3 Å². The Kier molecular flexibility index (Phi) is 2.77. The van der Waals surface area contributed by atoms with Crippen molar-refractivity contribution < 1.29 is 0 Å². The maximum atomic E-state index is 7.26. The molecular formula is C9H14N6. The van der Waals surface area contributed by atoms with Crippen LogP contribution in [-0.4, -0.2) is 35.3 Å². The highest BCUT2D eigenvalue weighted by atomic mass is 15.1. The molecule has 5 N–H and O–H groups in total. The molecule has 1 fully saturated rings. The first-order valence-corrected chi connectivity index (χ1v) is 4.89. The van der Waals surface area contributed by atoms with Crippen LogP contribution in [0.25, 0.3) is 0 Å². The zero-order valence-electron chi connectivity index (χ0n) is 8.33. The summed E-state index contributed by atoms with van der Waals surface area (Å²) in [4.78, 5) is 7.94. The van der Waals surface area contributed by atoms with Crippen LogP contribution in [0.1, 0.15) is 12.0 Å². The van der Waals surface area contributed by atoms with Crippen LogP contribution in [0, 0.1) is 5.41 Å². The van der Waals surface area contributed by atoms with Crippen molar-refractivity contribution >= 4 is 17.9 Å². The summed E-state index contributed by atoms with van der Waals surface area (Å²) in [7, 11) is 0. The van der Waals surface area contributed by atoms with Gasteiger partial charge in [0, 0.05) is 18.8 Å². The Morgan fingerprint density at radius 1 is 1.60 bits per heavy atom. The molecule has 6 heteroatoms. The van der Waals surface area contributed by atoms with E-state index in [-0.39, 0.29) is 0 Å². The van der Waals surface area contributed by atoms with Crippen LogP contribution in [0.3, 0.4) is 0 Å². The lowest BCUT2D eigenvalue weighted by molar-refractivity contribution is 0.787. The van der Waals surface area contributed by atoms with Crippen molar-refractivity contribution in [3.8, 4) is 0 Å². The van der Waals surface area contributed by atoms with Gasteiger partial charge in [0.25, 0.3) is 0 Å². The van der Waals surface area contributed by atoms with Gasteiger partial charge in [0.2, 0.25) is 0 Å². The van der Waals surface area contributed by atoms with Crippen LogP contribution in [0.5, 0.6) is 0 Å². The second-order valence-electron chi connectivity index (χ2n) is 3.50. The first-order valence-electron chi connectivity index (χ1n) is 4.89. The molecule has 0 bridgehead atoms. The second-order valence-corrected chi connectivity index (χ2v) is 3.50. The summed E-state index contributed by atoms with van der Waals surface area (Å²) < 4.78 is 0. The highest BCUT2D eigenvalue weighted by Crippen LogP contribution is 2.16. The van der Waals surface area contributed by atoms with Gasteiger partial charge in [0.05, 0.1) is 5.56 Å².